The fourth-order valence-corrected chi connectivity index (χ4v) is 5.40. The largest absolute Gasteiger partial charge is 0.343 e. The molecule has 2 heterocycles. The summed E-state index contributed by atoms with van der Waals surface area (Å²) in [5.74, 6) is -0.966. The maximum Gasteiger partial charge on any atom is 0.254 e. The quantitative estimate of drug-likeness (QED) is 0.659. The minimum absolute atomic E-state index is 0.0861. The van der Waals surface area contributed by atoms with Crippen LogP contribution >= 0.6 is 0 Å². The maximum atomic E-state index is 13.6. The molecule has 1 aromatic carbocycles. The van der Waals surface area contributed by atoms with Crippen molar-refractivity contribution < 1.29 is 27.3 Å². The predicted octanol–water partition coefficient (Wildman–Crippen LogP) is -1.53. The minimum atomic E-state index is -2.90. The molecular weight excluding hydrogens is 361 g/mol. The fourth-order valence-electron chi connectivity index (χ4n) is 3.58. The Morgan fingerprint density at radius 1 is 1.23 bits per heavy atom. The Hall–Kier alpha value is -2.00. The molecule has 0 unspecified atom stereocenters. The van der Waals surface area contributed by atoms with Crippen molar-refractivity contribution in [1.82, 2.24) is 10.2 Å². The Morgan fingerprint density at radius 3 is 2.54 bits per heavy atom. The predicted molar refractivity (Wildman–Crippen MR) is 93.1 cm³/mol. The van der Waals surface area contributed by atoms with Crippen LogP contribution in [0.1, 0.15) is 16.8 Å². The summed E-state index contributed by atoms with van der Waals surface area (Å²) < 4.78 is 36.8. The van der Waals surface area contributed by atoms with Crippen LogP contribution in [0.4, 0.5) is 4.39 Å². The van der Waals surface area contributed by atoms with E-state index in [2.05, 4.69) is 5.32 Å². The number of halogens is 1. The van der Waals surface area contributed by atoms with Gasteiger partial charge in [-0.1, -0.05) is 12.1 Å². The second kappa shape index (κ2) is 7.71. The standard InChI is InChI=1S/C17H22FN3O4S/c18-15-4-2-1-3-14(15)17(23)19-11-16(22)21-8-6-20(7-9-21)13-5-10-26(24,25)12-13/h1-4,13H,5-12H2,(H,19,23)/p+1/t13-/m0/s1. The number of quaternary nitrogens is 1. The molecule has 26 heavy (non-hydrogen) atoms. The summed E-state index contributed by atoms with van der Waals surface area (Å²) in [5.41, 5.74) is -0.0861. The molecule has 1 atom stereocenters. The summed E-state index contributed by atoms with van der Waals surface area (Å²) in [4.78, 5) is 27.1. The number of carbonyl (C=O) groups excluding carboxylic acids is 2. The minimum Gasteiger partial charge on any atom is -0.343 e. The molecule has 9 heteroatoms. The van der Waals surface area contributed by atoms with E-state index in [-0.39, 0.29) is 35.6 Å². The van der Waals surface area contributed by atoms with Gasteiger partial charge >= 0.3 is 0 Å². The van der Waals surface area contributed by atoms with Gasteiger partial charge in [0.05, 0.1) is 44.0 Å². The molecule has 2 amide bonds. The monoisotopic (exact) mass is 384 g/mol. The van der Waals surface area contributed by atoms with Crippen LogP contribution in [-0.2, 0) is 14.6 Å². The Kier molecular flexibility index (Phi) is 5.57. The molecule has 142 valence electrons. The van der Waals surface area contributed by atoms with Crippen molar-refractivity contribution in [2.45, 2.75) is 12.5 Å². The van der Waals surface area contributed by atoms with Gasteiger partial charge < -0.3 is 15.1 Å². The summed E-state index contributed by atoms with van der Waals surface area (Å²) >= 11 is 0. The molecule has 0 saturated carbocycles. The van der Waals surface area contributed by atoms with E-state index < -0.39 is 21.6 Å². The number of rotatable bonds is 4. The first-order valence-corrected chi connectivity index (χ1v) is 10.5. The number of nitrogens with one attached hydrogen (secondary N) is 2. The first-order chi connectivity index (χ1) is 12.4. The zero-order valence-electron chi connectivity index (χ0n) is 14.4. The average molecular weight is 384 g/mol. The number of carbonyl (C=O) groups is 2. The van der Waals surface area contributed by atoms with Gasteiger partial charge in [-0.2, -0.15) is 0 Å². The van der Waals surface area contributed by atoms with E-state index in [1.165, 1.54) is 23.1 Å². The van der Waals surface area contributed by atoms with Crippen LogP contribution in [0.15, 0.2) is 24.3 Å². The van der Waals surface area contributed by atoms with Crippen molar-refractivity contribution in [2.24, 2.45) is 0 Å². The molecule has 3 rings (SSSR count). The molecule has 2 aliphatic rings. The number of amides is 2. The summed E-state index contributed by atoms with van der Waals surface area (Å²) in [6.45, 7) is 2.28. The number of nitrogens with zero attached hydrogens (tertiary/aromatic N) is 1. The van der Waals surface area contributed by atoms with Crippen LogP contribution in [0.3, 0.4) is 0 Å². The van der Waals surface area contributed by atoms with E-state index >= 15 is 0 Å². The van der Waals surface area contributed by atoms with Crippen molar-refractivity contribution in [2.75, 3.05) is 44.2 Å². The zero-order chi connectivity index (χ0) is 18.7. The van der Waals surface area contributed by atoms with E-state index in [4.69, 9.17) is 0 Å². The highest BCUT2D eigenvalue weighted by Crippen LogP contribution is 2.09. The summed E-state index contributed by atoms with van der Waals surface area (Å²) in [5, 5.41) is 2.46. The molecule has 2 saturated heterocycles. The Balaban J connectivity index is 1.45. The normalized spacial score (nSPS) is 23.0. The fraction of sp³-hybridized carbons (Fsp3) is 0.529. The van der Waals surface area contributed by atoms with Gasteiger partial charge in [-0.05, 0) is 12.1 Å². The molecule has 1 aromatic rings. The molecule has 0 aromatic heterocycles. The third-order valence-electron chi connectivity index (χ3n) is 5.09. The summed E-state index contributed by atoms with van der Waals surface area (Å²) in [6.07, 6.45) is 0.685. The molecule has 0 radical (unpaired) electrons. The van der Waals surface area contributed by atoms with Crippen LogP contribution in [0.2, 0.25) is 0 Å². The van der Waals surface area contributed by atoms with E-state index in [1.54, 1.807) is 11.0 Å². The first-order valence-electron chi connectivity index (χ1n) is 8.71. The van der Waals surface area contributed by atoms with Crippen LogP contribution in [0, 0.1) is 5.82 Å². The van der Waals surface area contributed by atoms with Gasteiger partial charge in [0.15, 0.2) is 9.84 Å². The van der Waals surface area contributed by atoms with E-state index in [0.717, 1.165) is 0 Å². The molecule has 0 spiro atoms. The van der Waals surface area contributed by atoms with Gasteiger partial charge in [-0.3, -0.25) is 9.59 Å². The van der Waals surface area contributed by atoms with Gasteiger partial charge in [0.25, 0.3) is 5.91 Å². The molecule has 7 nitrogen and oxygen atoms in total. The van der Waals surface area contributed by atoms with E-state index in [0.29, 0.717) is 32.6 Å². The Morgan fingerprint density at radius 2 is 1.92 bits per heavy atom. The molecule has 2 aliphatic heterocycles. The SMILES string of the molecule is O=C(NCC(=O)N1CC[NH+]([C@H]2CCS(=O)(=O)C2)CC1)c1ccccc1F. The van der Waals surface area contributed by atoms with Crippen LogP contribution in [0.25, 0.3) is 0 Å². The number of hydrogen-bond donors (Lipinski definition) is 2. The average Bonchev–Trinajstić information content (AvgIpc) is 3.00. The van der Waals surface area contributed by atoms with Crippen molar-refractivity contribution in [3.63, 3.8) is 0 Å². The molecule has 2 N–H and O–H groups in total. The second-order valence-electron chi connectivity index (χ2n) is 6.80. The third-order valence-corrected chi connectivity index (χ3v) is 6.85. The van der Waals surface area contributed by atoms with Gasteiger partial charge in [0.2, 0.25) is 5.91 Å². The first kappa shape index (κ1) is 18.8. The van der Waals surface area contributed by atoms with Crippen molar-refractivity contribution in [3.8, 4) is 0 Å². The Bertz CT molecular complexity index is 791. The lowest BCUT2D eigenvalue weighted by Crippen LogP contribution is -3.18. The van der Waals surface area contributed by atoms with Crippen LogP contribution in [0.5, 0.6) is 0 Å². The maximum absolute atomic E-state index is 13.6. The molecule has 2 fully saturated rings. The van der Waals surface area contributed by atoms with Crippen LogP contribution < -0.4 is 10.2 Å². The Labute approximate surface area is 152 Å². The molecule has 0 bridgehead atoms. The number of piperazine rings is 1. The number of hydrogen-bond acceptors (Lipinski definition) is 4. The van der Waals surface area contributed by atoms with Crippen molar-refractivity contribution in [1.29, 1.82) is 0 Å². The lowest BCUT2D eigenvalue weighted by molar-refractivity contribution is -0.925. The topological polar surface area (TPSA) is 88.0 Å². The zero-order valence-corrected chi connectivity index (χ0v) is 15.2. The lowest BCUT2D eigenvalue weighted by Gasteiger charge is -2.35. The number of sulfone groups is 1. The highest BCUT2D eigenvalue weighted by molar-refractivity contribution is 7.91. The molecule has 0 aliphatic carbocycles. The van der Waals surface area contributed by atoms with Gasteiger partial charge in [-0.25, -0.2) is 12.8 Å². The smallest absolute Gasteiger partial charge is 0.254 e. The van der Waals surface area contributed by atoms with Crippen molar-refractivity contribution >= 4 is 21.7 Å². The highest BCUT2D eigenvalue weighted by atomic mass is 32.2. The third kappa shape index (κ3) is 4.39. The summed E-state index contributed by atoms with van der Waals surface area (Å²) in [7, 11) is -2.90. The van der Waals surface area contributed by atoms with Gasteiger partial charge in [0.1, 0.15) is 17.6 Å². The van der Waals surface area contributed by atoms with E-state index in [1.807, 2.05) is 0 Å². The van der Waals surface area contributed by atoms with Gasteiger partial charge in [0, 0.05) is 6.42 Å². The second-order valence-corrected chi connectivity index (χ2v) is 9.03. The van der Waals surface area contributed by atoms with Crippen molar-refractivity contribution in [3.05, 3.63) is 35.6 Å². The van der Waals surface area contributed by atoms with Crippen LogP contribution in [-0.4, -0.2) is 75.4 Å². The summed E-state index contributed by atoms with van der Waals surface area (Å²) in [6, 6.07) is 5.74. The molecular formula is C17H23FN3O4S+. The number of benzene rings is 1. The van der Waals surface area contributed by atoms with Gasteiger partial charge in [-0.15, -0.1) is 0 Å². The van der Waals surface area contributed by atoms with E-state index in [9.17, 15) is 22.4 Å². The lowest BCUT2D eigenvalue weighted by atomic mass is 10.2. The highest BCUT2D eigenvalue weighted by Gasteiger charge is 2.37.